The van der Waals surface area contributed by atoms with E-state index in [0.29, 0.717) is 12.3 Å². The van der Waals surface area contributed by atoms with Crippen LogP contribution in [0.1, 0.15) is 9.67 Å². The number of carbonyl (C=O) groups excluding carboxylic acids is 2. The van der Waals surface area contributed by atoms with Gasteiger partial charge in [0.15, 0.2) is 6.61 Å². The van der Waals surface area contributed by atoms with Gasteiger partial charge in [0.2, 0.25) is 0 Å². The molecule has 138 valence electrons. The molecule has 0 saturated carbocycles. The molecule has 0 unspecified atom stereocenters. The van der Waals surface area contributed by atoms with Crippen molar-refractivity contribution in [2.75, 3.05) is 45.9 Å². The Balaban J connectivity index is 1.30. The molecule has 7 heteroatoms. The summed E-state index contributed by atoms with van der Waals surface area (Å²) >= 11 is 1.48. The molecule has 1 aromatic carbocycles. The number of amides is 2. The van der Waals surface area contributed by atoms with Gasteiger partial charge < -0.3 is 15.0 Å². The first-order valence-corrected chi connectivity index (χ1v) is 9.60. The molecule has 0 aliphatic carbocycles. The van der Waals surface area contributed by atoms with Crippen LogP contribution in [0, 0.1) is 0 Å². The van der Waals surface area contributed by atoms with Crippen molar-refractivity contribution < 1.29 is 14.3 Å². The molecule has 0 bridgehead atoms. The molecule has 0 radical (unpaired) electrons. The van der Waals surface area contributed by atoms with Crippen molar-refractivity contribution in [3.63, 3.8) is 0 Å². The van der Waals surface area contributed by atoms with Crippen LogP contribution in [0.2, 0.25) is 0 Å². The molecule has 0 spiro atoms. The van der Waals surface area contributed by atoms with E-state index in [4.69, 9.17) is 4.74 Å². The van der Waals surface area contributed by atoms with Gasteiger partial charge in [0.25, 0.3) is 11.8 Å². The average molecular weight is 373 g/mol. The first kappa shape index (κ1) is 18.4. The van der Waals surface area contributed by atoms with E-state index in [1.807, 2.05) is 52.7 Å². The topological polar surface area (TPSA) is 61.9 Å². The predicted octanol–water partition coefficient (Wildman–Crippen LogP) is 1.70. The third-order valence-corrected chi connectivity index (χ3v) is 5.11. The SMILES string of the molecule is O=C(COc1ccccc1)NCCN1CCN(C(=O)c2cccs2)CC1. The highest BCUT2D eigenvalue weighted by Crippen LogP contribution is 2.13. The van der Waals surface area contributed by atoms with Crippen molar-refractivity contribution in [1.82, 2.24) is 15.1 Å². The summed E-state index contributed by atoms with van der Waals surface area (Å²) in [6.45, 7) is 4.48. The summed E-state index contributed by atoms with van der Waals surface area (Å²) in [5.74, 6) is 0.681. The molecular weight excluding hydrogens is 350 g/mol. The fourth-order valence-corrected chi connectivity index (χ4v) is 3.49. The number of rotatable bonds is 7. The Kier molecular flexibility index (Phi) is 6.62. The first-order chi connectivity index (χ1) is 12.7. The zero-order valence-corrected chi connectivity index (χ0v) is 15.4. The number of thiophene rings is 1. The molecule has 1 saturated heterocycles. The number of benzene rings is 1. The van der Waals surface area contributed by atoms with E-state index in [-0.39, 0.29) is 18.4 Å². The van der Waals surface area contributed by atoms with Gasteiger partial charge in [-0.05, 0) is 23.6 Å². The molecule has 26 heavy (non-hydrogen) atoms. The number of nitrogens with zero attached hydrogens (tertiary/aromatic N) is 2. The molecule has 2 heterocycles. The normalized spacial score (nSPS) is 14.8. The maximum Gasteiger partial charge on any atom is 0.264 e. The molecule has 0 atom stereocenters. The standard InChI is InChI=1S/C19H23N3O3S/c23-18(15-25-16-5-2-1-3-6-16)20-8-9-21-10-12-22(13-11-21)19(24)17-7-4-14-26-17/h1-7,14H,8-13,15H2,(H,20,23). The fourth-order valence-electron chi connectivity index (χ4n) is 2.80. The molecule has 1 aliphatic rings. The minimum atomic E-state index is -0.125. The Labute approximate surface area is 157 Å². The summed E-state index contributed by atoms with van der Waals surface area (Å²) in [5, 5.41) is 4.80. The quantitative estimate of drug-likeness (QED) is 0.803. The largest absolute Gasteiger partial charge is 0.484 e. The minimum absolute atomic E-state index is 0.0209. The second kappa shape index (κ2) is 9.35. The Bertz CT molecular complexity index is 698. The second-order valence-corrected chi connectivity index (χ2v) is 7.01. The number of piperazine rings is 1. The van der Waals surface area contributed by atoms with Crippen LogP contribution >= 0.6 is 11.3 Å². The average Bonchev–Trinajstić information content (AvgIpc) is 3.22. The highest BCUT2D eigenvalue weighted by molar-refractivity contribution is 7.12. The van der Waals surface area contributed by atoms with Crippen LogP contribution < -0.4 is 10.1 Å². The van der Waals surface area contributed by atoms with Gasteiger partial charge in [-0.15, -0.1) is 11.3 Å². The number of hydrogen-bond donors (Lipinski definition) is 1. The molecule has 2 amide bonds. The lowest BCUT2D eigenvalue weighted by Gasteiger charge is -2.34. The Morgan fingerprint density at radius 1 is 1.04 bits per heavy atom. The third kappa shape index (κ3) is 5.31. The van der Waals surface area contributed by atoms with Crippen molar-refractivity contribution in [3.05, 3.63) is 52.7 Å². The molecule has 2 aromatic rings. The van der Waals surface area contributed by atoms with Crippen LogP contribution in [0.3, 0.4) is 0 Å². The number of nitrogens with one attached hydrogen (secondary N) is 1. The van der Waals surface area contributed by atoms with E-state index in [1.54, 1.807) is 0 Å². The van der Waals surface area contributed by atoms with Crippen LogP contribution in [-0.4, -0.2) is 67.5 Å². The minimum Gasteiger partial charge on any atom is -0.484 e. The summed E-state index contributed by atoms with van der Waals surface area (Å²) in [7, 11) is 0. The van der Waals surface area contributed by atoms with E-state index in [9.17, 15) is 9.59 Å². The molecule has 6 nitrogen and oxygen atoms in total. The van der Waals surface area contributed by atoms with Gasteiger partial charge in [0.05, 0.1) is 4.88 Å². The van der Waals surface area contributed by atoms with Gasteiger partial charge in [-0.2, -0.15) is 0 Å². The maximum absolute atomic E-state index is 12.3. The zero-order chi connectivity index (χ0) is 18.2. The van der Waals surface area contributed by atoms with Crippen molar-refractivity contribution in [2.24, 2.45) is 0 Å². The van der Waals surface area contributed by atoms with E-state index >= 15 is 0 Å². The summed E-state index contributed by atoms with van der Waals surface area (Å²) in [4.78, 5) is 29.1. The molecule has 3 rings (SSSR count). The van der Waals surface area contributed by atoms with Gasteiger partial charge in [0.1, 0.15) is 5.75 Å². The smallest absolute Gasteiger partial charge is 0.264 e. The van der Waals surface area contributed by atoms with Crippen LogP contribution in [-0.2, 0) is 4.79 Å². The van der Waals surface area contributed by atoms with Crippen molar-refractivity contribution in [2.45, 2.75) is 0 Å². The van der Waals surface area contributed by atoms with E-state index in [0.717, 1.165) is 37.6 Å². The van der Waals surface area contributed by atoms with Gasteiger partial charge >= 0.3 is 0 Å². The molecule has 1 aromatic heterocycles. The Morgan fingerprint density at radius 2 is 1.81 bits per heavy atom. The number of ether oxygens (including phenoxy) is 1. The summed E-state index contributed by atoms with van der Waals surface area (Å²) in [6, 6.07) is 13.1. The molecular formula is C19H23N3O3S. The Hall–Kier alpha value is -2.38. The predicted molar refractivity (Wildman–Crippen MR) is 102 cm³/mol. The van der Waals surface area contributed by atoms with Gasteiger partial charge in [-0.1, -0.05) is 24.3 Å². The van der Waals surface area contributed by atoms with E-state index in [2.05, 4.69) is 10.2 Å². The summed E-state index contributed by atoms with van der Waals surface area (Å²) < 4.78 is 5.42. The Morgan fingerprint density at radius 3 is 2.50 bits per heavy atom. The van der Waals surface area contributed by atoms with Gasteiger partial charge in [-0.25, -0.2) is 0 Å². The lowest BCUT2D eigenvalue weighted by atomic mass is 10.3. The lowest BCUT2D eigenvalue weighted by Crippen LogP contribution is -2.50. The number of hydrogen-bond acceptors (Lipinski definition) is 5. The second-order valence-electron chi connectivity index (χ2n) is 6.06. The highest BCUT2D eigenvalue weighted by Gasteiger charge is 2.22. The highest BCUT2D eigenvalue weighted by atomic mass is 32.1. The molecule has 1 fully saturated rings. The van der Waals surface area contributed by atoms with Crippen LogP contribution in [0.25, 0.3) is 0 Å². The van der Waals surface area contributed by atoms with E-state index in [1.165, 1.54) is 11.3 Å². The van der Waals surface area contributed by atoms with Crippen LogP contribution in [0.4, 0.5) is 0 Å². The fraction of sp³-hybridized carbons (Fsp3) is 0.368. The van der Waals surface area contributed by atoms with Crippen molar-refractivity contribution >= 4 is 23.2 Å². The van der Waals surface area contributed by atoms with E-state index < -0.39 is 0 Å². The zero-order valence-electron chi connectivity index (χ0n) is 14.6. The van der Waals surface area contributed by atoms with Crippen molar-refractivity contribution in [1.29, 1.82) is 0 Å². The molecule has 1 aliphatic heterocycles. The number of para-hydroxylation sites is 1. The monoisotopic (exact) mass is 373 g/mol. The van der Waals surface area contributed by atoms with Crippen LogP contribution in [0.5, 0.6) is 5.75 Å². The van der Waals surface area contributed by atoms with Crippen molar-refractivity contribution in [3.8, 4) is 5.75 Å². The summed E-state index contributed by atoms with van der Waals surface area (Å²) in [5.41, 5.74) is 0. The maximum atomic E-state index is 12.3. The van der Waals surface area contributed by atoms with Crippen LogP contribution in [0.15, 0.2) is 47.8 Å². The van der Waals surface area contributed by atoms with Gasteiger partial charge in [-0.3, -0.25) is 14.5 Å². The van der Waals surface area contributed by atoms with Gasteiger partial charge in [0, 0.05) is 39.3 Å². The number of carbonyl (C=O) groups is 2. The lowest BCUT2D eigenvalue weighted by molar-refractivity contribution is -0.123. The first-order valence-electron chi connectivity index (χ1n) is 8.72. The summed E-state index contributed by atoms with van der Waals surface area (Å²) in [6.07, 6.45) is 0. The third-order valence-electron chi connectivity index (χ3n) is 4.25. The molecule has 1 N–H and O–H groups in total.